The second-order valence-electron chi connectivity index (χ2n) is 6.02. The van der Waals surface area contributed by atoms with Crippen molar-refractivity contribution in [2.45, 2.75) is 51.2 Å². The Morgan fingerprint density at radius 1 is 1.40 bits per heavy atom. The van der Waals surface area contributed by atoms with Crippen LogP contribution in [0.2, 0.25) is 0 Å². The largest absolute Gasteiger partial charge is 0.368 e. The maximum atomic E-state index is 11.5. The standard InChI is InChI=1S/C16H23N3O/c1-11-9-14(19-8-2-3-15(19)16(17)20)7-4-12(11)10-18-13-5-6-13/h4,7,9,13,15,18H,2-3,5-6,8,10H2,1H3,(H2,17,20). The lowest BCUT2D eigenvalue weighted by Gasteiger charge is -2.25. The number of nitrogens with zero attached hydrogens (tertiary/aromatic N) is 1. The topological polar surface area (TPSA) is 58.4 Å². The third kappa shape index (κ3) is 2.80. The van der Waals surface area contributed by atoms with Gasteiger partial charge in [0.2, 0.25) is 5.91 Å². The van der Waals surface area contributed by atoms with Crippen LogP contribution in [0, 0.1) is 6.92 Å². The lowest BCUT2D eigenvalue weighted by atomic mass is 10.1. The summed E-state index contributed by atoms with van der Waals surface area (Å²) in [6.07, 6.45) is 4.54. The Hall–Kier alpha value is -1.55. The molecule has 1 heterocycles. The molecule has 108 valence electrons. The second-order valence-corrected chi connectivity index (χ2v) is 6.02. The van der Waals surface area contributed by atoms with Crippen molar-refractivity contribution >= 4 is 11.6 Å². The summed E-state index contributed by atoms with van der Waals surface area (Å²) < 4.78 is 0. The highest BCUT2D eigenvalue weighted by Gasteiger charge is 2.29. The molecule has 3 rings (SSSR count). The number of benzene rings is 1. The summed E-state index contributed by atoms with van der Waals surface area (Å²) in [7, 11) is 0. The Morgan fingerprint density at radius 2 is 2.20 bits per heavy atom. The third-order valence-corrected chi connectivity index (χ3v) is 4.40. The smallest absolute Gasteiger partial charge is 0.240 e. The first-order chi connectivity index (χ1) is 9.65. The zero-order chi connectivity index (χ0) is 14.1. The molecule has 0 aromatic heterocycles. The van der Waals surface area contributed by atoms with Crippen LogP contribution in [0.3, 0.4) is 0 Å². The maximum Gasteiger partial charge on any atom is 0.240 e. The zero-order valence-electron chi connectivity index (χ0n) is 12.1. The van der Waals surface area contributed by atoms with Crippen molar-refractivity contribution < 1.29 is 4.79 Å². The van der Waals surface area contributed by atoms with Crippen molar-refractivity contribution in [3.63, 3.8) is 0 Å². The molecule has 20 heavy (non-hydrogen) atoms. The molecule has 1 aliphatic heterocycles. The Balaban J connectivity index is 1.73. The number of nitrogens with one attached hydrogen (secondary N) is 1. The highest BCUT2D eigenvalue weighted by atomic mass is 16.1. The van der Waals surface area contributed by atoms with Crippen molar-refractivity contribution in [2.75, 3.05) is 11.4 Å². The van der Waals surface area contributed by atoms with Crippen LogP contribution < -0.4 is 16.0 Å². The number of primary amides is 1. The van der Waals surface area contributed by atoms with Gasteiger partial charge in [0.05, 0.1) is 0 Å². The number of hydrogen-bond donors (Lipinski definition) is 2. The minimum Gasteiger partial charge on any atom is -0.368 e. The van der Waals surface area contributed by atoms with E-state index in [4.69, 9.17) is 5.73 Å². The Bertz CT molecular complexity index is 510. The van der Waals surface area contributed by atoms with Crippen LogP contribution in [0.25, 0.3) is 0 Å². The van der Waals surface area contributed by atoms with E-state index < -0.39 is 0 Å². The summed E-state index contributed by atoms with van der Waals surface area (Å²) >= 11 is 0. The molecule has 4 heteroatoms. The van der Waals surface area contributed by atoms with Crippen LogP contribution in [0.4, 0.5) is 5.69 Å². The van der Waals surface area contributed by atoms with E-state index in [9.17, 15) is 4.79 Å². The average molecular weight is 273 g/mol. The van der Waals surface area contributed by atoms with Gasteiger partial charge in [0.15, 0.2) is 0 Å². The van der Waals surface area contributed by atoms with Gasteiger partial charge in [0, 0.05) is 24.8 Å². The number of carbonyl (C=O) groups is 1. The summed E-state index contributed by atoms with van der Waals surface area (Å²) in [4.78, 5) is 13.6. The molecule has 1 aliphatic carbocycles. The Kier molecular flexibility index (Phi) is 3.66. The first-order valence-corrected chi connectivity index (χ1v) is 7.54. The van der Waals surface area contributed by atoms with Crippen LogP contribution in [0.15, 0.2) is 18.2 Å². The molecule has 2 aliphatic rings. The van der Waals surface area contributed by atoms with Crippen LogP contribution in [0.5, 0.6) is 0 Å². The van der Waals surface area contributed by atoms with E-state index in [1.807, 2.05) is 0 Å². The van der Waals surface area contributed by atoms with E-state index in [1.165, 1.54) is 24.0 Å². The first-order valence-electron chi connectivity index (χ1n) is 7.54. The minimum absolute atomic E-state index is 0.134. The minimum atomic E-state index is -0.209. The van der Waals surface area contributed by atoms with E-state index in [-0.39, 0.29) is 11.9 Å². The highest BCUT2D eigenvalue weighted by Crippen LogP contribution is 2.27. The van der Waals surface area contributed by atoms with E-state index in [2.05, 4.69) is 35.3 Å². The predicted molar refractivity (Wildman–Crippen MR) is 80.6 cm³/mol. The summed E-state index contributed by atoms with van der Waals surface area (Å²) in [6.45, 7) is 4.01. The molecule has 1 atom stereocenters. The fourth-order valence-corrected chi connectivity index (χ4v) is 2.97. The predicted octanol–water partition coefficient (Wildman–Crippen LogP) is 1.70. The normalized spacial score (nSPS) is 22.2. The lowest BCUT2D eigenvalue weighted by Crippen LogP contribution is -2.40. The van der Waals surface area contributed by atoms with Crippen molar-refractivity contribution in [3.05, 3.63) is 29.3 Å². The zero-order valence-corrected chi connectivity index (χ0v) is 12.1. The molecule has 1 saturated heterocycles. The molecule has 0 bridgehead atoms. The van der Waals surface area contributed by atoms with E-state index >= 15 is 0 Å². The number of hydrogen-bond acceptors (Lipinski definition) is 3. The fourth-order valence-electron chi connectivity index (χ4n) is 2.97. The number of rotatable bonds is 5. The Morgan fingerprint density at radius 3 is 2.85 bits per heavy atom. The summed E-state index contributed by atoms with van der Waals surface area (Å²) in [5.74, 6) is -0.209. The van der Waals surface area contributed by atoms with E-state index in [0.717, 1.165) is 37.7 Å². The molecule has 3 N–H and O–H groups in total. The summed E-state index contributed by atoms with van der Waals surface area (Å²) in [5, 5.41) is 3.54. The molecule has 1 amide bonds. The van der Waals surface area contributed by atoms with Crippen molar-refractivity contribution in [2.24, 2.45) is 5.73 Å². The molecule has 1 saturated carbocycles. The van der Waals surface area contributed by atoms with Crippen LogP contribution in [-0.4, -0.2) is 24.5 Å². The van der Waals surface area contributed by atoms with Gasteiger partial charge in [-0.2, -0.15) is 0 Å². The lowest BCUT2D eigenvalue weighted by molar-refractivity contribution is -0.119. The quantitative estimate of drug-likeness (QED) is 0.858. The van der Waals surface area contributed by atoms with Gasteiger partial charge in [-0.05, 0) is 55.9 Å². The number of carbonyl (C=O) groups excluding carboxylic acids is 1. The van der Waals surface area contributed by atoms with Gasteiger partial charge < -0.3 is 16.0 Å². The maximum absolute atomic E-state index is 11.5. The van der Waals surface area contributed by atoms with Gasteiger partial charge in [-0.3, -0.25) is 4.79 Å². The molecular weight excluding hydrogens is 250 g/mol. The number of anilines is 1. The third-order valence-electron chi connectivity index (χ3n) is 4.40. The molecular formula is C16H23N3O. The molecule has 0 radical (unpaired) electrons. The van der Waals surface area contributed by atoms with Crippen molar-refractivity contribution in [1.82, 2.24) is 5.32 Å². The van der Waals surface area contributed by atoms with Gasteiger partial charge >= 0.3 is 0 Å². The Labute approximate surface area is 120 Å². The second kappa shape index (κ2) is 5.44. The number of nitrogens with two attached hydrogens (primary N) is 1. The van der Waals surface area contributed by atoms with E-state index in [0.29, 0.717) is 0 Å². The molecule has 0 spiro atoms. The van der Waals surface area contributed by atoms with Crippen LogP contribution >= 0.6 is 0 Å². The van der Waals surface area contributed by atoms with Gasteiger partial charge in [-0.1, -0.05) is 6.07 Å². The molecule has 1 unspecified atom stereocenters. The highest BCUT2D eigenvalue weighted by molar-refractivity contribution is 5.84. The summed E-state index contributed by atoms with van der Waals surface area (Å²) in [5.41, 5.74) is 9.24. The van der Waals surface area contributed by atoms with E-state index in [1.54, 1.807) is 0 Å². The van der Waals surface area contributed by atoms with Gasteiger partial charge in [0.25, 0.3) is 0 Å². The first kappa shape index (κ1) is 13.4. The van der Waals surface area contributed by atoms with Gasteiger partial charge in [-0.15, -0.1) is 0 Å². The van der Waals surface area contributed by atoms with Gasteiger partial charge in [0.1, 0.15) is 6.04 Å². The van der Waals surface area contributed by atoms with Crippen molar-refractivity contribution in [3.8, 4) is 0 Å². The molecule has 1 aromatic rings. The average Bonchev–Trinajstić information content (AvgIpc) is 3.11. The van der Waals surface area contributed by atoms with Crippen LogP contribution in [0.1, 0.15) is 36.8 Å². The fraction of sp³-hybridized carbons (Fsp3) is 0.562. The molecule has 2 fully saturated rings. The monoisotopic (exact) mass is 273 g/mol. The van der Waals surface area contributed by atoms with Gasteiger partial charge in [-0.25, -0.2) is 0 Å². The number of amides is 1. The van der Waals surface area contributed by atoms with Crippen molar-refractivity contribution in [1.29, 1.82) is 0 Å². The SMILES string of the molecule is Cc1cc(N2CCCC2C(N)=O)ccc1CNC1CC1. The van der Waals surface area contributed by atoms with Crippen LogP contribution in [-0.2, 0) is 11.3 Å². The molecule has 4 nitrogen and oxygen atoms in total. The molecule has 1 aromatic carbocycles. The number of aryl methyl sites for hydroxylation is 1. The summed E-state index contributed by atoms with van der Waals surface area (Å²) in [6, 6.07) is 7.08.